The summed E-state index contributed by atoms with van der Waals surface area (Å²) in [4.78, 5) is 17.0. The number of pyridine rings is 1. The first-order valence-electron chi connectivity index (χ1n) is 10.1. The fourth-order valence-corrected chi connectivity index (χ4v) is 4.09. The van der Waals surface area contributed by atoms with E-state index in [-0.39, 0.29) is 11.5 Å². The molecule has 0 bridgehead atoms. The van der Waals surface area contributed by atoms with Crippen LogP contribution in [0.3, 0.4) is 0 Å². The first-order valence-corrected chi connectivity index (χ1v) is 11.3. The highest BCUT2D eigenvalue weighted by atomic mass is 32.2. The number of halogens is 6. The second-order valence-corrected chi connectivity index (χ2v) is 8.87. The molecule has 3 rings (SSSR count). The molecule has 0 aliphatic heterocycles. The molecule has 34 heavy (non-hydrogen) atoms. The zero-order valence-corrected chi connectivity index (χ0v) is 18.4. The van der Waals surface area contributed by atoms with Gasteiger partial charge in [0.05, 0.1) is 17.8 Å². The van der Waals surface area contributed by atoms with Gasteiger partial charge in [0.15, 0.2) is 0 Å². The molecule has 0 saturated heterocycles. The first-order chi connectivity index (χ1) is 16.0. The number of carbonyl (C=O) groups excluding carboxylic acids is 1. The molecule has 1 fully saturated rings. The molecule has 182 valence electrons. The summed E-state index contributed by atoms with van der Waals surface area (Å²) in [6.45, 7) is 0. The minimum absolute atomic E-state index is 0.185. The van der Waals surface area contributed by atoms with Gasteiger partial charge in [0.2, 0.25) is 5.91 Å². The van der Waals surface area contributed by atoms with Crippen molar-refractivity contribution >= 4 is 17.7 Å². The number of rotatable bonds is 10. The Morgan fingerprint density at radius 1 is 1.15 bits per heavy atom. The molecule has 1 aromatic carbocycles. The predicted octanol–water partition coefficient (Wildman–Crippen LogP) is 4.52. The van der Waals surface area contributed by atoms with Crippen molar-refractivity contribution in [2.45, 2.75) is 48.3 Å². The van der Waals surface area contributed by atoms with E-state index < -0.39 is 47.0 Å². The molecule has 1 saturated carbocycles. The zero-order valence-electron chi connectivity index (χ0n) is 17.6. The Morgan fingerprint density at radius 2 is 1.82 bits per heavy atom. The summed E-state index contributed by atoms with van der Waals surface area (Å²) >= 11 is 1.10. The van der Waals surface area contributed by atoms with E-state index in [1.54, 1.807) is 18.2 Å². The smallest absolute Gasteiger partial charge is 0.336 e. The minimum atomic E-state index is -5.94. The minimum Gasteiger partial charge on any atom is -0.336 e. The van der Waals surface area contributed by atoms with Crippen molar-refractivity contribution < 1.29 is 31.1 Å². The summed E-state index contributed by atoms with van der Waals surface area (Å²) in [5, 5.41) is 13.8. The summed E-state index contributed by atoms with van der Waals surface area (Å²) in [5.41, 5.74) is -1.07. The van der Waals surface area contributed by atoms with E-state index in [9.17, 15) is 36.4 Å². The number of carbonyl (C=O) groups is 1. The van der Waals surface area contributed by atoms with Gasteiger partial charge >= 0.3 is 12.1 Å². The van der Waals surface area contributed by atoms with Crippen LogP contribution < -0.4 is 10.6 Å². The Balaban J connectivity index is 1.86. The van der Waals surface area contributed by atoms with Gasteiger partial charge in [-0.15, -0.1) is 0 Å². The molecule has 0 spiro atoms. The standard InChI is InChI=1S/C22H20F6N4OS/c23-15-6-4-14(5-7-15)18(21(24,25)22(26,27)28)31-17(19(33)32-20(13-29)8-9-20)12-34-11-16-3-1-2-10-30-16/h1-7,10,17-18,31H,8-9,11-12H2,(H,32,33)/t17-,18-/m0/s1. The second-order valence-electron chi connectivity index (χ2n) is 7.84. The fourth-order valence-electron chi connectivity index (χ4n) is 3.11. The summed E-state index contributed by atoms with van der Waals surface area (Å²) < 4.78 is 82.2. The molecular weight excluding hydrogens is 482 g/mol. The van der Waals surface area contributed by atoms with Gasteiger partial charge < -0.3 is 5.32 Å². The second kappa shape index (κ2) is 10.2. The molecule has 1 heterocycles. The monoisotopic (exact) mass is 502 g/mol. The fraction of sp³-hybridized carbons (Fsp3) is 0.409. The summed E-state index contributed by atoms with van der Waals surface area (Å²) in [5.74, 6) is -6.88. The Kier molecular flexibility index (Phi) is 7.77. The van der Waals surface area contributed by atoms with Gasteiger partial charge in [-0.05, 0) is 42.7 Å². The average molecular weight is 502 g/mol. The van der Waals surface area contributed by atoms with E-state index in [4.69, 9.17) is 0 Å². The van der Waals surface area contributed by atoms with Crippen LogP contribution in [0.4, 0.5) is 26.3 Å². The highest BCUT2D eigenvalue weighted by Gasteiger charge is 2.63. The van der Waals surface area contributed by atoms with Gasteiger partial charge in [0.25, 0.3) is 0 Å². The molecule has 5 nitrogen and oxygen atoms in total. The molecule has 1 aliphatic rings. The van der Waals surface area contributed by atoms with Crippen LogP contribution in [0.15, 0.2) is 48.7 Å². The summed E-state index contributed by atoms with van der Waals surface area (Å²) in [6, 6.07) is 5.98. The van der Waals surface area contributed by atoms with Crippen LogP contribution in [0, 0.1) is 17.1 Å². The van der Waals surface area contributed by atoms with Crippen molar-refractivity contribution in [2.75, 3.05) is 5.75 Å². The Hall–Kier alpha value is -2.78. The van der Waals surface area contributed by atoms with Crippen molar-refractivity contribution in [1.82, 2.24) is 15.6 Å². The maximum Gasteiger partial charge on any atom is 0.455 e. The number of thioether (sulfide) groups is 1. The van der Waals surface area contributed by atoms with Crippen LogP contribution in [0.5, 0.6) is 0 Å². The highest BCUT2D eigenvalue weighted by Crippen LogP contribution is 2.45. The van der Waals surface area contributed by atoms with Crippen LogP contribution in [0.1, 0.15) is 30.1 Å². The van der Waals surface area contributed by atoms with Gasteiger partial charge in [-0.3, -0.25) is 15.1 Å². The molecule has 1 aliphatic carbocycles. The van der Waals surface area contributed by atoms with E-state index in [1.165, 1.54) is 6.20 Å². The zero-order chi connectivity index (χ0) is 25.0. The number of nitriles is 1. The largest absolute Gasteiger partial charge is 0.455 e. The van der Waals surface area contributed by atoms with Gasteiger partial charge in [0.1, 0.15) is 17.4 Å². The summed E-state index contributed by atoms with van der Waals surface area (Å²) in [6.07, 6.45) is -3.70. The van der Waals surface area contributed by atoms with Crippen LogP contribution in [-0.2, 0) is 10.5 Å². The molecule has 0 radical (unpaired) electrons. The van der Waals surface area contributed by atoms with Crippen LogP contribution >= 0.6 is 11.8 Å². The van der Waals surface area contributed by atoms with Crippen molar-refractivity contribution in [2.24, 2.45) is 0 Å². The average Bonchev–Trinajstić information content (AvgIpc) is 3.56. The van der Waals surface area contributed by atoms with Crippen LogP contribution in [0.2, 0.25) is 0 Å². The SMILES string of the molecule is N#CC1(NC(=O)[C@H](CSCc2ccccn2)N[C@@H](c2ccc(F)cc2)C(F)(F)C(F)(F)F)CC1. The molecular formula is C22H20F6N4OS. The molecule has 1 amide bonds. The third-order valence-corrected chi connectivity index (χ3v) is 6.28. The third kappa shape index (κ3) is 6.21. The number of benzene rings is 1. The lowest BCUT2D eigenvalue weighted by molar-refractivity contribution is -0.294. The molecule has 12 heteroatoms. The van der Waals surface area contributed by atoms with Crippen molar-refractivity contribution in [1.29, 1.82) is 5.26 Å². The Morgan fingerprint density at radius 3 is 2.35 bits per heavy atom. The third-order valence-electron chi connectivity index (χ3n) is 5.22. The van der Waals surface area contributed by atoms with Gasteiger partial charge in [-0.25, -0.2) is 4.39 Å². The number of nitrogens with zero attached hydrogens (tertiary/aromatic N) is 2. The molecule has 1 aromatic heterocycles. The number of nitrogens with one attached hydrogen (secondary N) is 2. The van der Waals surface area contributed by atoms with Gasteiger partial charge in [0, 0.05) is 17.7 Å². The number of hydrogen-bond donors (Lipinski definition) is 2. The first kappa shape index (κ1) is 25.8. The topological polar surface area (TPSA) is 77.8 Å². The Labute approximate surface area is 195 Å². The number of aromatic nitrogens is 1. The number of alkyl halides is 5. The van der Waals surface area contributed by atoms with Crippen LogP contribution in [-0.4, -0.2) is 40.3 Å². The quantitative estimate of drug-likeness (QED) is 0.467. The number of amides is 1. The maximum absolute atomic E-state index is 14.5. The highest BCUT2D eigenvalue weighted by molar-refractivity contribution is 7.98. The van der Waals surface area contributed by atoms with E-state index in [1.807, 2.05) is 6.07 Å². The molecule has 2 N–H and O–H groups in total. The van der Waals surface area contributed by atoms with Crippen molar-refractivity contribution in [3.8, 4) is 6.07 Å². The lowest BCUT2D eigenvalue weighted by Crippen LogP contribution is -2.56. The van der Waals surface area contributed by atoms with Crippen molar-refractivity contribution in [3.05, 3.63) is 65.7 Å². The van der Waals surface area contributed by atoms with E-state index in [0.717, 1.165) is 36.0 Å². The Bertz CT molecular complexity index is 1020. The lowest BCUT2D eigenvalue weighted by atomic mass is 9.98. The lowest BCUT2D eigenvalue weighted by Gasteiger charge is -2.33. The maximum atomic E-state index is 14.5. The summed E-state index contributed by atoms with van der Waals surface area (Å²) in [7, 11) is 0. The normalized spacial score (nSPS) is 16.9. The van der Waals surface area contributed by atoms with Gasteiger partial charge in [-0.2, -0.15) is 39.0 Å². The molecule has 0 unspecified atom stereocenters. The number of hydrogen-bond acceptors (Lipinski definition) is 5. The molecule has 2 atom stereocenters. The van der Waals surface area contributed by atoms with Gasteiger partial charge in [-0.1, -0.05) is 18.2 Å². The van der Waals surface area contributed by atoms with E-state index >= 15 is 0 Å². The molecule has 2 aromatic rings. The van der Waals surface area contributed by atoms with Crippen LogP contribution in [0.25, 0.3) is 0 Å². The van der Waals surface area contributed by atoms with E-state index in [2.05, 4.69) is 15.6 Å². The van der Waals surface area contributed by atoms with E-state index in [0.29, 0.717) is 18.5 Å². The predicted molar refractivity (Wildman–Crippen MR) is 113 cm³/mol. The van der Waals surface area contributed by atoms with Crippen molar-refractivity contribution in [3.63, 3.8) is 0 Å².